The molecule has 0 saturated carbocycles. The van der Waals surface area contributed by atoms with Crippen LogP contribution in [-0.4, -0.2) is 0 Å². The summed E-state index contributed by atoms with van der Waals surface area (Å²) in [5.41, 5.74) is 21.3. The molecule has 0 aliphatic rings. The minimum Gasteiger partial charge on any atom is -0.356 e. The molecule has 0 saturated heterocycles. The molecule has 3 nitrogen and oxygen atoms in total. The molecule has 0 aromatic heterocycles. The van der Waals surface area contributed by atoms with E-state index in [4.69, 9.17) is 0 Å². The van der Waals surface area contributed by atoms with Crippen LogP contribution in [0.1, 0.15) is 0 Å². The van der Waals surface area contributed by atoms with Crippen LogP contribution in [0.4, 0.5) is 34.1 Å². The molecule has 0 heterocycles. The number of para-hydroxylation sites is 1. The second-order valence-corrected chi connectivity index (χ2v) is 18.0. The molecule has 0 unspecified atom stereocenters. The zero-order chi connectivity index (χ0) is 50.7. The Hall–Kier alpha value is -9.96. The molecule has 0 atom stereocenters. The molecular formula is C72H57N3. The van der Waals surface area contributed by atoms with Crippen LogP contribution in [0.2, 0.25) is 0 Å². The first-order valence-corrected chi connectivity index (χ1v) is 25.4. The lowest BCUT2D eigenvalue weighted by atomic mass is 10.0. The molecule has 0 fully saturated rings. The summed E-state index contributed by atoms with van der Waals surface area (Å²) in [7, 11) is 0. The summed E-state index contributed by atoms with van der Waals surface area (Å²) >= 11 is 0. The highest BCUT2D eigenvalue weighted by atomic mass is 14.9. The van der Waals surface area contributed by atoms with Gasteiger partial charge in [-0.15, -0.1) is 0 Å². The summed E-state index contributed by atoms with van der Waals surface area (Å²) in [6, 6.07) is 114. The van der Waals surface area contributed by atoms with Crippen molar-refractivity contribution in [1.29, 1.82) is 0 Å². The van der Waals surface area contributed by atoms with Crippen LogP contribution < -0.4 is 16.0 Å². The topological polar surface area (TPSA) is 36.1 Å². The minimum absolute atomic E-state index is 1.09. The van der Waals surface area contributed by atoms with Crippen molar-refractivity contribution >= 4 is 34.1 Å². The fourth-order valence-electron chi connectivity index (χ4n) is 8.85. The fraction of sp³-hybridized carbons (Fsp3) is 0. The zero-order valence-corrected chi connectivity index (χ0v) is 41.7. The summed E-state index contributed by atoms with van der Waals surface area (Å²) in [6.07, 6.45) is 0. The molecule has 0 aliphatic carbocycles. The first kappa shape index (κ1) is 48.7. The van der Waals surface area contributed by atoms with Gasteiger partial charge in [-0.3, -0.25) is 0 Å². The van der Waals surface area contributed by atoms with Crippen LogP contribution in [0.25, 0.3) is 66.8 Å². The number of nitrogens with one attached hydrogen (secondary N) is 3. The van der Waals surface area contributed by atoms with Gasteiger partial charge in [0.05, 0.1) is 0 Å². The van der Waals surface area contributed by atoms with Crippen molar-refractivity contribution in [2.24, 2.45) is 0 Å². The van der Waals surface area contributed by atoms with Crippen LogP contribution in [0, 0.1) is 0 Å². The Labute approximate surface area is 442 Å². The number of hydrogen-bond acceptors (Lipinski definition) is 3. The second kappa shape index (κ2) is 24.9. The van der Waals surface area contributed by atoms with Gasteiger partial charge in [0.15, 0.2) is 0 Å². The standard InChI is InChI=1S/3C24H19N/c1-3-9-19(10-4-1)21-13-7-15-23(17-21)25-24-16-8-14-22(18-24)20-11-5-2-6-12-20;1-3-8-19(9-4-1)21-14-16-23(17-15-21)25-24-13-7-12-22(18-24)20-10-5-2-6-11-20;1-3-7-19(8-4-1)20-11-13-21(14-12-20)22-15-17-24(18-16-22)25-23-9-5-2-6-10-23/h3*1-18,25H. The molecule has 360 valence electrons. The van der Waals surface area contributed by atoms with E-state index >= 15 is 0 Å². The van der Waals surface area contributed by atoms with Crippen molar-refractivity contribution in [3.05, 3.63) is 328 Å². The Morgan fingerprint density at radius 1 is 0.120 bits per heavy atom. The molecule has 12 aromatic carbocycles. The van der Waals surface area contributed by atoms with Crippen molar-refractivity contribution in [2.45, 2.75) is 0 Å². The van der Waals surface area contributed by atoms with E-state index in [-0.39, 0.29) is 0 Å². The third-order valence-electron chi connectivity index (χ3n) is 12.8. The van der Waals surface area contributed by atoms with Gasteiger partial charge < -0.3 is 16.0 Å². The fourth-order valence-corrected chi connectivity index (χ4v) is 8.85. The Morgan fingerprint density at radius 2 is 0.293 bits per heavy atom. The number of rotatable bonds is 12. The Morgan fingerprint density at radius 3 is 0.587 bits per heavy atom. The van der Waals surface area contributed by atoms with Gasteiger partial charge >= 0.3 is 0 Å². The van der Waals surface area contributed by atoms with E-state index in [0.717, 1.165) is 34.1 Å². The maximum absolute atomic E-state index is 3.52. The highest BCUT2D eigenvalue weighted by molar-refractivity contribution is 5.76. The third kappa shape index (κ3) is 13.7. The number of benzene rings is 12. The van der Waals surface area contributed by atoms with Gasteiger partial charge in [0.1, 0.15) is 0 Å². The van der Waals surface area contributed by atoms with Crippen molar-refractivity contribution in [1.82, 2.24) is 0 Å². The van der Waals surface area contributed by atoms with Gasteiger partial charge in [-0.2, -0.15) is 0 Å². The lowest BCUT2D eigenvalue weighted by molar-refractivity contribution is 1.53. The zero-order valence-electron chi connectivity index (χ0n) is 41.7. The van der Waals surface area contributed by atoms with E-state index in [9.17, 15) is 0 Å². The van der Waals surface area contributed by atoms with Crippen molar-refractivity contribution in [3.8, 4) is 66.8 Å². The van der Waals surface area contributed by atoms with Crippen LogP contribution in [0.3, 0.4) is 0 Å². The first-order valence-electron chi connectivity index (χ1n) is 25.4. The molecule has 0 spiro atoms. The van der Waals surface area contributed by atoms with Crippen LogP contribution in [-0.2, 0) is 0 Å². The molecule has 75 heavy (non-hydrogen) atoms. The summed E-state index contributed by atoms with van der Waals surface area (Å²) in [6.45, 7) is 0. The average Bonchev–Trinajstić information content (AvgIpc) is 3.50. The van der Waals surface area contributed by atoms with E-state index in [0.29, 0.717) is 0 Å². The largest absolute Gasteiger partial charge is 0.356 e. The SMILES string of the molecule is c1ccc(-c2ccc(Nc3cccc(-c4ccccc4)c3)cc2)cc1.c1ccc(-c2cccc(Nc3cccc(-c4ccccc4)c3)c2)cc1.c1ccc(Nc2ccc(-c3ccc(-c4ccccc4)cc3)cc2)cc1. The van der Waals surface area contributed by atoms with Gasteiger partial charge in [0.2, 0.25) is 0 Å². The molecule has 12 rings (SSSR count). The second-order valence-electron chi connectivity index (χ2n) is 18.0. The maximum Gasteiger partial charge on any atom is 0.0390 e. The van der Waals surface area contributed by atoms with Gasteiger partial charge in [-0.1, -0.05) is 255 Å². The van der Waals surface area contributed by atoms with E-state index in [1.54, 1.807) is 0 Å². The number of anilines is 6. The molecular weight excluding hydrogens is 907 g/mol. The summed E-state index contributed by atoms with van der Waals surface area (Å²) < 4.78 is 0. The predicted octanol–water partition coefficient (Wildman–Crippen LogP) is 20.3. The monoisotopic (exact) mass is 963 g/mol. The molecule has 3 heteroatoms. The Kier molecular flexibility index (Phi) is 16.2. The number of hydrogen-bond donors (Lipinski definition) is 3. The first-order chi connectivity index (χ1) is 37.1. The summed E-state index contributed by atoms with van der Waals surface area (Å²) in [4.78, 5) is 0. The smallest absolute Gasteiger partial charge is 0.0390 e. The normalized spacial score (nSPS) is 10.4. The molecule has 12 aromatic rings. The predicted molar refractivity (Wildman–Crippen MR) is 321 cm³/mol. The lowest BCUT2D eigenvalue weighted by Crippen LogP contribution is -1.91. The molecule has 0 aliphatic heterocycles. The Bertz CT molecular complexity index is 3520. The Balaban J connectivity index is 0.000000128. The van der Waals surface area contributed by atoms with E-state index in [2.05, 4.69) is 295 Å². The highest BCUT2D eigenvalue weighted by Gasteiger charge is 2.05. The molecule has 3 N–H and O–H groups in total. The van der Waals surface area contributed by atoms with Gasteiger partial charge in [-0.05, 0) is 140 Å². The van der Waals surface area contributed by atoms with E-state index in [1.807, 2.05) is 48.5 Å². The molecule has 0 bridgehead atoms. The highest BCUT2D eigenvalue weighted by Crippen LogP contribution is 2.30. The van der Waals surface area contributed by atoms with Crippen LogP contribution >= 0.6 is 0 Å². The van der Waals surface area contributed by atoms with E-state index < -0.39 is 0 Å². The lowest BCUT2D eigenvalue weighted by Gasteiger charge is -2.10. The molecule has 0 radical (unpaired) electrons. The molecule has 0 amide bonds. The van der Waals surface area contributed by atoms with Crippen molar-refractivity contribution in [2.75, 3.05) is 16.0 Å². The summed E-state index contributed by atoms with van der Waals surface area (Å²) in [5.74, 6) is 0. The summed E-state index contributed by atoms with van der Waals surface area (Å²) in [5, 5.41) is 10.4. The van der Waals surface area contributed by atoms with Crippen LogP contribution in [0.5, 0.6) is 0 Å². The quantitative estimate of drug-likeness (QED) is 0.114. The van der Waals surface area contributed by atoms with Gasteiger partial charge in [-0.25, -0.2) is 0 Å². The van der Waals surface area contributed by atoms with Gasteiger partial charge in [0, 0.05) is 34.1 Å². The average molecular weight is 964 g/mol. The maximum atomic E-state index is 3.52. The van der Waals surface area contributed by atoms with E-state index in [1.165, 1.54) is 66.8 Å². The van der Waals surface area contributed by atoms with Crippen molar-refractivity contribution in [3.63, 3.8) is 0 Å². The van der Waals surface area contributed by atoms with Crippen molar-refractivity contribution < 1.29 is 0 Å². The van der Waals surface area contributed by atoms with Gasteiger partial charge in [0.25, 0.3) is 0 Å². The van der Waals surface area contributed by atoms with Crippen LogP contribution in [0.15, 0.2) is 328 Å². The third-order valence-corrected chi connectivity index (χ3v) is 12.8. The minimum atomic E-state index is 1.09.